The third-order valence-electron chi connectivity index (χ3n) is 1.23. The Hall–Kier alpha value is -0.610. The molecule has 0 radical (unpaired) electrons. The Morgan fingerprint density at radius 3 is 2.90 bits per heavy atom. The lowest BCUT2D eigenvalue weighted by Crippen LogP contribution is -2.17. The monoisotopic (exact) mass is 144 g/mol. The minimum atomic E-state index is -0.103. The minimum Gasteiger partial charge on any atom is -0.477 e. The van der Waals surface area contributed by atoms with E-state index in [-0.39, 0.29) is 12.1 Å². The van der Waals surface area contributed by atoms with E-state index in [4.69, 9.17) is 10.6 Å². The third kappa shape index (κ3) is 1.68. The summed E-state index contributed by atoms with van der Waals surface area (Å²) < 4.78 is 5.15. The number of hydrogen-bond acceptors (Lipinski definition) is 4. The van der Waals surface area contributed by atoms with Crippen molar-refractivity contribution in [1.29, 1.82) is 0 Å². The fraction of sp³-hybridized carbons (Fsp3) is 0.833. The number of ether oxygens (including phenoxy) is 1. The van der Waals surface area contributed by atoms with Crippen LogP contribution in [0.5, 0.6) is 0 Å². The van der Waals surface area contributed by atoms with Crippen molar-refractivity contribution in [3.63, 3.8) is 0 Å². The molecule has 1 aliphatic heterocycles. The molecule has 0 aromatic rings. The SMILES string of the molecule is CC1(C)COC(CON)=N1. The molecule has 1 heterocycles. The van der Waals surface area contributed by atoms with Gasteiger partial charge < -0.3 is 4.74 Å². The molecule has 58 valence electrons. The number of rotatable bonds is 2. The van der Waals surface area contributed by atoms with Gasteiger partial charge in [-0.05, 0) is 13.8 Å². The Morgan fingerprint density at radius 1 is 1.80 bits per heavy atom. The van der Waals surface area contributed by atoms with Gasteiger partial charge in [0.15, 0.2) is 0 Å². The average Bonchev–Trinajstić information content (AvgIpc) is 2.12. The van der Waals surface area contributed by atoms with Crippen molar-refractivity contribution in [3.8, 4) is 0 Å². The number of nitrogens with zero attached hydrogens (tertiary/aromatic N) is 1. The summed E-state index contributed by atoms with van der Waals surface area (Å²) in [4.78, 5) is 8.56. The summed E-state index contributed by atoms with van der Waals surface area (Å²) in [5.74, 6) is 5.43. The van der Waals surface area contributed by atoms with E-state index in [9.17, 15) is 0 Å². The topological polar surface area (TPSA) is 56.8 Å². The highest BCUT2D eigenvalue weighted by Crippen LogP contribution is 2.16. The normalized spacial score (nSPS) is 22.1. The van der Waals surface area contributed by atoms with Gasteiger partial charge in [0.1, 0.15) is 13.2 Å². The standard InChI is InChI=1S/C6H12N2O2/c1-6(2)4-9-5(8-6)3-10-7/h3-4,7H2,1-2H3. The average molecular weight is 144 g/mol. The molecule has 0 unspecified atom stereocenters. The maximum atomic E-state index is 5.15. The van der Waals surface area contributed by atoms with Gasteiger partial charge in [0.2, 0.25) is 5.90 Å². The van der Waals surface area contributed by atoms with Crippen molar-refractivity contribution in [2.24, 2.45) is 10.9 Å². The van der Waals surface area contributed by atoms with Crippen molar-refractivity contribution in [2.45, 2.75) is 19.4 Å². The van der Waals surface area contributed by atoms with Crippen molar-refractivity contribution in [1.82, 2.24) is 0 Å². The van der Waals surface area contributed by atoms with Crippen LogP contribution in [0.25, 0.3) is 0 Å². The smallest absolute Gasteiger partial charge is 0.212 e. The molecule has 0 saturated carbocycles. The molecule has 0 aromatic heterocycles. The van der Waals surface area contributed by atoms with E-state index in [1.165, 1.54) is 0 Å². The van der Waals surface area contributed by atoms with Gasteiger partial charge in [-0.25, -0.2) is 10.9 Å². The lowest BCUT2D eigenvalue weighted by atomic mass is 10.1. The Morgan fingerprint density at radius 2 is 2.50 bits per heavy atom. The Labute approximate surface area is 60.0 Å². The minimum absolute atomic E-state index is 0.103. The first-order chi connectivity index (χ1) is 4.64. The summed E-state index contributed by atoms with van der Waals surface area (Å²) in [5, 5.41) is 0. The van der Waals surface area contributed by atoms with Crippen molar-refractivity contribution in [3.05, 3.63) is 0 Å². The predicted octanol–water partition coefficient (Wildman–Crippen LogP) is 0.0840. The lowest BCUT2D eigenvalue weighted by molar-refractivity contribution is 0.157. The van der Waals surface area contributed by atoms with Crippen LogP contribution in [0.15, 0.2) is 4.99 Å². The van der Waals surface area contributed by atoms with Gasteiger partial charge in [-0.3, -0.25) is 4.84 Å². The van der Waals surface area contributed by atoms with Gasteiger partial charge in [-0.2, -0.15) is 0 Å². The zero-order valence-electron chi connectivity index (χ0n) is 6.26. The molecule has 0 bridgehead atoms. The molecule has 0 spiro atoms. The molecule has 10 heavy (non-hydrogen) atoms. The van der Waals surface area contributed by atoms with Crippen molar-refractivity contribution in [2.75, 3.05) is 13.2 Å². The van der Waals surface area contributed by atoms with Gasteiger partial charge in [0.05, 0.1) is 5.54 Å². The predicted molar refractivity (Wildman–Crippen MR) is 37.6 cm³/mol. The van der Waals surface area contributed by atoms with Crippen LogP contribution in [0.2, 0.25) is 0 Å². The summed E-state index contributed by atoms with van der Waals surface area (Å²) in [6.07, 6.45) is 0. The van der Waals surface area contributed by atoms with E-state index in [2.05, 4.69) is 9.83 Å². The molecule has 0 atom stereocenters. The molecule has 0 amide bonds. The summed E-state index contributed by atoms with van der Waals surface area (Å²) in [6, 6.07) is 0. The highest BCUT2D eigenvalue weighted by Gasteiger charge is 2.25. The second-order valence-electron chi connectivity index (χ2n) is 2.92. The fourth-order valence-corrected chi connectivity index (χ4v) is 0.807. The van der Waals surface area contributed by atoms with E-state index >= 15 is 0 Å². The van der Waals surface area contributed by atoms with Crippen LogP contribution in [0, 0.1) is 0 Å². The zero-order valence-corrected chi connectivity index (χ0v) is 6.26. The third-order valence-corrected chi connectivity index (χ3v) is 1.23. The van der Waals surface area contributed by atoms with E-state index < -0.39 is 0 Å². The Balaban J connectivity index is 2.49. The Kier molecular flexibility index (Phi) is 1.92. The van der Waals surface area contributed by atoms with Gasteiger partial charge >= 0.3 is 0 Å². The maximum absolute atomic E-state index is 5.15. The summed E-state index contributed by atoms with van der Waals surface area (Å²) >= 11 is 0. The second kappa shape index (κ2) is 2.56. The maximum Gasteiger partial charge on any atom is 0.212 e. The van der Waals surface area contributed by atoms with Gasteiger partial charge in [-0.15, -0.1) is 0 Å². The first-order valence-electron chi connectivity index (χ1n) is 3.17. The van der Waals surface area contributed by atoms with Crippen LogP contribution >= 0.6 is 0 Å². The largest absolute Gasteiger partial charge is 0.477 e. The second-order valence-corrected chi connectivity index (χ2v) is 2.92. The Bertz CT molecular complexity index is 154. The van der Waals surface area contributed by atoms with E-state index in [1.807, 2.05) is 13.8 Å². The molecule has 1 rings (SSSR count). The molecule has 0 saturated heterocycles. The van der Waals surface area contributed by atoms with Gasteiger partial charge in [0, 0.05) is 0 Å². The zero-order chi connectivity index (χ0) is 7.61. The molecule has 4 nitrogen and oxygen atoms in total. The number of aliphatic imine (C=N–C) groups is 1. The number of nitrogens with two attached hydrogens (primary N) is 1. The van der Waals surface area contributed by atoms with E-state index in [0.717, 1.165) is 0 Å². The first kappa shape index (κ1) is 7.50. The molecular formula is C6H12N2O2. The molecule has 4 heteroatoms. The fourth-order valence-electron chi connectivity index (χ4n) is 0.807. The van der Waals surface area contributed by atoms with E-state index in [1.54, 1.807) is 0 Å². The molecule has 0 aliphatic carbocycles. The molecular weight excluding hydrogens is 132 g/mol. The van der Waals surface area contributed by atoms with Crippen molar-refractivity contribution < 1.29 is 9.57 Å². The summed E-state index contributed by atoms with van der Waals surface area (Å²) in [5.41, 5.74) is -0.103. The van der Waals surface area contributed by atoms with Gasteiger partial charge in [0.25, 0.3) is 0 Å². The number of hydrogen-bond donors (Lipinski definition) is 1. The molecule has 1 aliphatic rings. The molecule has 0 aromatic carbocycles. The van der Waals surface area contributed by atoms with E-state index in [0.29, 0.717) is 12.5 Å². The van der Waals surface area contributed by atoms with Crippen LogP contribution in [-0.2, 0) is 9.57 Å². The van der Waals surface area contributed by atoms with Crippen LogP contribution in [0.1, 0.15) is 13.8 Å². The lowest BCUT2D eigenvalue weighted by Gasteiger charge is -2.07. The van der Waals surface area contributed by atoms with Crippen LogP contribution < -0.4 is 5.90 Å². The molecule has 2 N–H and O–H groups in total. The highest BCUT2D eigenvalue weighted by atomic mass is 16.6. The summed E-state index contributed by atoms with van der Waals surface area (Å²) in [7, 11) is 0. The quantitative estimate of drug-likeness (QED) is 0.558. The summed E-state index contributed by atoms with van der Waals surface area (Å²) in [6.45, 7) is 4.88. The van der Waals surface area contributed by atoms with Gasteiger partial charge in [-0.1, -0.05) is 0 Å². The highest BCUT2D eigenvalue weighted by molar-refractivity contribution is 5.79. The first-order valence-corrected chi connectivity index (χ1v) is 3.17. The van der Waals surface area contributed by atoms with Crippen LogP contribution in [0.4, 0.5) is 0 Å². The van der Waals surface area contributed by atoms with Crippen LogP contribution in [0.3, 0.4) is 0 Å². The van der Waals surface area contributed by atoms with Crippen LogP contribution in [-0.4, -0.2) is 24.7 Å². The van der Waals surface area contributed by atoms with Crippen molar-refractivity contribution >= 4 is 5.90 Å². The molecule has 0 fully saturated rings.